The van der Waals surface area contributed by atoms with Crippen LogP contribution >= 0.6 is 0 Å². The third-order valence-electron chi connectivity index (χ3n) is 2.42. The largest absolute Gasteiger partial charge is 0.310 e. The molecule has 0 aliphatic carbocycles. The zero-order chi connectivity index (χ0) is 9.31. The van der Waals surface area contributed by atoms with E-state index in [0.717, 1.165) is 5.56 Å². The molecular formula is C10H11F2N. The van der Waals surface area contributed by atoms with E-state index in [1.807, 2.05) is 6.07 Å². The smallest absolute Gasteiger partial charge is 0.268 e. The minimum absolute atomic E-state index is 0.202. The highest BCUT2D eigenvalue weighted by molar-refractivity contribution is 5.24. The zero-order valence-corrected chi connectivity index (χ0v) is 7.13. The average Bonchev–Trinajstić information content (AvgIpc) is 2.47. The van der Waals surface area contributed by atoms with E-state index in [0.29, 0.717) is 6.54 Å². The van der Waals surface area contributed by atoms with Gasteiger partial charge >= 0.3 is 0 Å². The molecule has 1 heterocycles. The second-order valence-corrected chi connectivity index (χ2v) is 3.36. The summed E-state index contributed by atoms with van der Waals surface area (Å²) in [4.78, 5) is 0. The maximum absolute atomic E-state index is 13.2. The molecule has 1 aromatic rings. The molecule has 3 heteroatoms. The molecule has 0 saturated carbocycles. The second-order valence-electron chi connectivity index (χ2n) is 3.36. The standard InChI is InChI=1S/C10H11F2N/c11-10(12)7-13-6-9(10)8-4-2-1-3-5-8/h1-5,9,13H,6-7H2/t9-/m1/s1. The van der Waals surface area contributed by atoms with Crippen LogP contribution in [0.25, 0.3) is 0 Å². The predicted molar refractivity (Wildman–Crippen MR) is 47.0 cm³/mol. The lowest BCUT2D eigenvalue weighted by atomic mass is 9.96. The topological polar surface area (TPSA) is 12.0 Å². The lowest BCUT2D eigenvalue weighted by molar-refractivity contribution is 0.00577. The molecule has 1 atom stereocenters. The van der Waals surface area contributed by atoms with Gasteiger partial charge in [-0.25, -0.2) is 8.78 Å². The first kappa shape index (κ1) is 8.63. The van der Waals surface area contributed by atoms with E-state index in [4.69, 9.17) is 0 Å². The van der Waals surface area contributed by atoms with E-state index in [1.54, 1.807) is 24.3 Å². The van der Waals surface area contributed by atoms with Crippen molar-refractivity contribution in [3.05, 3.63) is 35.9 Å². The van der Waals surface area contributed by atoms with Crippen molar-refractivity contribution in [1.29, 1.82) is 0 Å². The van der Waals surface area contributed by atoms with Crippen molar-refractivity contribution in [2.24, 2.45) is 0 Å². The average molecular weight is 183 g/mol. The summed E-state index contributed by atoms with van der Waals surface area (Å²) in [7, 11) is 0. The van der Waals surface area contributed by atoms with Crippen LogP contribution in [0.2, 0.25) is 0 Å². The molecule has 13 heavy (non-hydrogen) atoms. The van der Waals surface area contributed by atoms with Gasteiger partial charge in [-0.2, -0.15) is 0 Å². The fraction of sp³-hybridized carbons (Fsp3) is 0.400. The SMILES string of the molecule is FC1(F)CNC[C@@H]1c1ccccc1. The van der Waals surface area contributed by atoms with Gasteiger partial charge < -0.3 is 5.32 Å². The van der Waals surface area contributed by atoms with Crippen LogP contribution in [0, 0.1) is 0 Å². The Kier molecular flexibility index (Phi) is 2.04. The molecule has 1 nitrogen and oxygen atoms in total. The van der Waals surface area contributed by atoms with Gasteiger partial charge in [-0.3, -0.25) is 0 Å². The lowest BCUT2D eigenvalue weighted by Gasteiger charge is -2.17. The fourth-order valence-corrected chi connectivity index (χ4v) is 1.70. The van der Waals surface area contributed by atoms with E-state index in [9.17, 15) is 8.78 Å². The van der Waals surface area contributed by atoms with Gasteiger partial charge in [0.15, 0.2) is 0 Å². The number of rotatable bonds is 1. The summed E-state index contributed by atoms with van der Waals surface area (Å²) in [6.07, 6.45) is 0. The van der Waals surface area contributed by atoms with Gasteiger partial charge in [0, 0.05) is 6.54 Å². The van der Waals surface area contributed by atoms with Crippen LogP contribution in [-0.4, -0.2) is 19.0 Å². The molecule has 1 aromatic carbocycles. The summed E-state index contributed by atoms with van der Waals surface area (Å²) in [5.41, 5.74) is 0.720. The number of hydrogen-bond donors (Lipinski definition) is 1. The van der Waals surface area contributed by atoms with Crippen LogP contribution in [-0.2, 0) is 0 Å². The Hall–Kier alpha value is -0.960. The van der Waals surface area contributed by atoms with Crippen LogP contribution in [0.3, 0.4) is 0 Å². The van der Waals surface area contributed by atoms with Crippen LogP contribution in [0.1, 0.15) is 11.5 Å². The Balaban J connectivity index is 2.27. The number of nitrogens with one attached hydrogen (secondary N) is 1. The van der Waals surface area contributed by atoms with E-state index >= 15 is 0 Å². The van der Waals surface area contributed by atoms with Crippen LogP contribution in [0.15, 0.2) is 30.3 Å². The Morgan fingerprint density at radius 1 is 1.23 bits per heavy atom. The molecule has 0 unspecified atom stereocenters. The summed E-state index contributed by atoms with van der Waals surface area (Å²) in [6, 6.07) is 8.94. The minimum atomic E-state index is -2.60. The Labute approximate surface area is 75.8 Å². The summed E-state index contributed by atoms with van der Waals surface area (Å²) in [5.74, 6) is -3.25. The molecule has 1 aliphatic rings. The first-order valence-corrected chi connectivity index (χ1v) is 4.33. The van der Waals surface area contributed by atoms with Crippen molar-refractivity contribution in [2.45, 2.75) is 11.8 Å². The molecule has 0 spiro atoms. The fourth-order valence-electron chi connectivity index (χ4n) is 1.70. The highest BCUT2D eigenvalue weighted by Crippen LogP contribution is 2.35. The monoisotopic (exact) mass is 183 g/mol. The van der Waals surface area contributed by atoms with Gasteiger partial charge in [0.1, 0.15) is 0 Å². The molecule has 1 N–H and O–H groups in total. The molecule has 0 radical (unpaired) electrons. The summed E-state index contributed by atoms with van der Waals surface area (Å²) in [6.45, 7) is 0.170. The normalized spacial score (nSPS) is 26.2. The van der Waals surface area contributed by atoms with Crippen LogP contribution in [0.5, 0.6) is 0 Å². The quantitative estimate of drug-likeness (QED) is 0.702. The Bertz CT molecular complexity index is 284. The van der Waals surface area contributed by atoms with Crippen molar-refractivity contribution in [3.8, 4) is 0 Å². The third kappa shape index (κ3) is 1.56. The van der Waals surface area contributed by atoms with Crippen molar-refractivity contribution >= 4 is 0 Å². The molecule has 0 aromatic heterocycles. The molecule has 0 bridgehead atoms. The molecule has 1 fully saturated rings. The molecule has 1 aliphatic heterocycles. The third-order valence-corrected chi connectivity index (χ3v) is 2.42. The van der Waals surface area contributed by atoms with Crippen molar-refractivity contribution in [3.63, 3.8) is 0 Å². The number of halogens is 2. The first-order chi connectivity index (χ1) is 6.20. The summed E-state index contributed by atoms with van der Waals surface area (Å²) < 4.78 is 26.5. The Morgan fingerprint density at radius 3 is 2.46 bits per heavy atom. The highest BCUT2D eigenvalue weighted by atomic mass is 19.3. The van der Waals surface area contributed by atoms with Gasteiger partial charge in [-0.1, -0.05) is 30.3 Å². The number of hydrogen-bond acceptors (Lipinski definition) is 1. The maximum atomic E-state index is 13.2. The van der Waals surface area contributed by atoms with Crippen molar-refractivity contribution < 1.29 is 8.78 Å². The van der Waals surface area contributed by atoms with Crippen molar-refractivity contribution in [1.82, 2.24) is 5.32 Å². The maximum Gasteiger partial charge on any atom is 0.268 e. The van der Waals surface area contributed by atoms with Gasteiger partial charge in [0.05, 0.1) is 12.5 Å². The van der Waals surface area contributed by atoms with Gasteiger partial charge in [0.25, 0.3) is 5.92 Å². The van der Waals surface area contributed by atoms with Gasteiger partial charge in [0.2, 0.25) is 0 Å². The summed E-state index contributed by atoms with van der Waals surface area (Å²) >= 11 is 0. The second kappa shape index (κ2) is 3.07. The van der Waals surface area contributed by atoms with Gasteiger partial charge in [-0.15, -0.1) is 0 Å². The first-order valence-electron chi connectivity index (χ1n) is 4.33. The van der Waals surface area contributed by atoms with E-state index in [-0.39, 0.29) is 6.54 Å². The molecular weight excluding hydrogens is 172 g/mol. The summed E-state index contributed by atoms with van der Waals surface area (Å²) in [5, 5.41) is 2.71. The number of benzene rings is 1. The predicted octanol–water partition coefficient (Wildman–Crippen LogP) is 2.01. The van der Waals surface area contributed by atoms with E-state index < -0.39 is 11.8 Å². The molecule has 70 valence electrons. The lowest BCUT2D eigenvalue weighted by Crippen LogP contribution is -2.25. The molecule has 1 saturated heterocycles. The van der Waals surface area contributed by atoms with Crippen LogP contribution < -0.4 is 5.32 Å². The molecule has 0 amide bonds. The highest BCUT2D eigenvalue weighted by Gasteiger charge is 2.44. The Morgan fingerprint density at radius 2 is 1.92 bits per heavy atom. The van der Waals surface area contributed by atoms with Crippen LogP contribution in [0.4, 0.5) is 8.78 Å². The van der Waals surface area contributed by atoms with Gasteiger partial charge in [-0.05, 0) is 5.56 Å². The minimum Gasteiger partial charge on any atom is -0.310 e. The molecule has 2 rings (SSSR count). The van der Waals surface area contributed by atoms with E-state index in [2.05, 4.69) is 5.32 Å². The zero-order valence-electron chi connectivity index (χ0n) is 7.13. The van der Waals surface area contributed by atoms with E-state index in [1.165, 1.54) is 0 Å². The van der Waals surface area contributed by atoms with Crippen molar-refractivity contribution in [2.75, 3.05) is 13.1 Å². The number of alkyl halides is 2.